The number of carbonyl (C=O) groups is 1. The molecule has 0 radical (unpaired) electrons. The molecule has 3 heterocycles. The van der Waals surface area contributed by atoms with E-state index in [4.69, 9.17) is 4.74 Å². The predicted molar refractivity (Wildman–Crippen MR) is 104 cm³/mol. The normalized spacial score (nSPS) is 19.6. The van der Waals surface area contributed by atoms with Crippen LogP contribution in [0, 0.1) is 10.1 Å². The fraction of sp³-hybridized carbons (Fsp3) is 0.400. The molecule has 1 aromatic heterocycles. The van der Waals surface area contributed by atoms with Crippen LogP contribution in [0.1, 0.15) is 12.8 Å². The van der Waals surface area contributed by atoms with Crippen molar-refractivity contribution in [1.29, 1.82) is 0 Å². The van der Waals surface area contributed by atoms with Gasteiger partial charge in [-0.2, -0.15) is 0 Å². The minimum Gasteiger partial charge on any atom is -0.368 e. The van der Waals surface area contributed by atoms with E-state index in [1.807, 2.05) is 35.2 Å². The summed E-state index contributed by atoms with van der Waals surface area (Å²) in [5.74, 6) is 0.757. The van der Waals surface area contributed by atoms with Gasteiger partial charge < -0.3 is 14.5 Å². The summed E-state index contributed by atoms with van der Waals surface area (Å²) in [5.41, 5.74) is 1.06. The number of benzene rings is 1. The molecule has 0 N–H and O–H groups in total. The van der Waals surface area contributed by atoms with Gasteiger partial charge in [-0.3, -0.25) is 14.9 Å². The van der Waals surface area contributed by atoms with Crippen LogP contribution in [0.25, 0.3) is 11.3 Å². The van der Waals surface area contributed by atoms with E-state index in [9.17, 15) is 14.9 Å². The van der Waals surface area contributed by atoms with E-state index in [0.717, 1.165) is 12.8 Å². The third-order valence-corrected chi connectivity index (χ3v) is 5.22. The summed E-state index contributed by atoms with van der Waals surface area (Å²) >= 11 is 0. The molecule has 146 valence electrons. The average molecular weight is 382 g/mol. The Balaban J connectivity index is 1.51. The summed E-state index contributed by atoms with van der Waals surface area (Å²) in [7, 11) is 0. The van der Waals surface area contributed by atoms with Crippen molar-refractivity contribution in [2.75, 3.05) is 37.7 Å². The van der Waals surface area contributed by atoms with E-state index in [0.29, 0.717) is 49.9 Å². The molecule has 1 atom stereocenters. The number of nitro groups is 1. The van der Waals surface area contributed by atoms with E-state index in [1.54, 1.807) is 6.07 Å². The first-order valence-corrected chi connectivity index (χ1v) is 9.49. The maximum Gasteiger partial charge on any atom is 0.295 e. The van der Waals surface area contributed by atoms with Crippen molar-refractivity contribution in [3.05, 3.63) is 52.6 Å². The number of rotatable bonds is 4. The molecule has 2 aliphatic heterocycles. The van der Waals surface area contributed by atoms with Crippen molar-refractivity contribution in [2.45, 2.75) is 18.9 Å². The fourth-order valence-electron chi connectivity index (χ4n) is 3.71. The number of piperazine rings is 1. The summed E-state index contributed by atoms with van der Waals surface area (Å²) in [5, 5.41) is 11.4. The molecular weight excluding hydrogens is 360 g/mol. The smallest absolute Gasteiger partial charge is 0.295 e. The van der Waals surface area contributed by atoms with Gasteiger partial charge in [-0.15, -0.1) is 0 Å². The SMILES string of the molecule is O=C(C1CCCO1)N1CCN(c2ccc([N+](=O)[O-])c(-c3ccccc3)n2)CC1. The second-order valence-electron chi connectivity index (χ2n) is 6.97. The lowest BCUT2D eigenvalue weighted by Crippen LogP contribution is -2.51. The van der Waals surface area contributed by atoms with Crippen LogP contribution in [0.15, 0.2) is 42.5 Å². The van der Waals surface area contributed by atoms with Crippen LogP contribution in [-0.2, 0) is 9.53 Å². The predicted octanol–water partition coefficient (Wildman–Crippen LogP) is 2.48. The maximum absolute atomic E-state index is 12.5. The number of hydrogen-bond donors (Lipinski definition) is 0. The molecule has 1 aromatic carbocycles. The van der Waals surface area contributed by atoms with E-state index >= 15 is 0 Å². The molecule has 2 aliphatic rings. The molecule has 2 fully saturated rings. The van der Waals surface area contributed by atoms with Gasteiger partial charge in [-0.25, -0.2) is 4.98 Å². The summed E-state index contributed by atoms with van der Waals surface area (Å²) in [6.07, 6.45) is 1.43. The lowest BCUT2D eigenvalue weighted by atomic mass is 10.1. The lowest BCUT2D eigenvalue weighted by molar-refractivity contribution is -0.384. The van der Waals surface area contributed by atoms with Gasteiger partial charge >= 0.3 is 0 Å². The second kappa shape index (κ2) is 7.93. The van der Waals surface area contributed by atoms with Crippen LogP contribution in [0.4, 0.5) is 11.5 Å². The van der Waals surface area contributed by atoms with Gasteiger partial charge in [0.25, 0.3) is 11.6 Å². The maximum atomic E-state index is 12.5. The molecule has 8 nitrogen and oxygen atoms in total. The van der Waals surface area contributed by atoms with Crippen LogP contribution in [0.2, 0.25) is 0 Å². The first kappa shape index (κ1) is 18.4. The monoisotopic (exact) mass is 382 g/mol. The van der Waals surface area contributed by atoms with Crippen molar-refractivity contribution in [2.24, 2.45) is 0 Å². The Kier molecular flexibility index (Phi) is 5.21. The van der Waals surface area contributed by atoms with Gasteiger partial charge in [-0.1, -0.05) is 30.3 Å². The van der Waals surface area contributed by atoms with Crippen molar-refractivity contribution in [1.82, 2.24) is 9.88 Å². The first-order chi connectivity index (χ1) is 13.6. The summed E-state index contributed by atoms with van der Waals surface area (Å²) < 4.78 is 5.50. The van der Waals surface area contributed by atoms with Gasteiger partial charge in [0.1, 0.15) is 11.9 Å². The lowest BCUT2D eigenvalue weighted by Gasteiger charge is -2.36. The highest BCUT2D eigenvalue weighted by molar-refractivity contribution is 5.81. The minimum atomic E-state index is -0.405. The van der Waals surface area contributed by atoms with E-state index in [2.05, 4.69) is 9.88 Å². The molecule has 8 heteroatoms. The highest BCUT2D eigenvalue weighted by Crippen LogP contribution is 2.30. The number of ether oxygens (including phenoxy) is 1. The highest BCUT2D eigenvalue weighted by atomic mass is 16.6. The van der Waals surface area contributed by atoms with E-state index in [-0.39, 0.29) is 17.7 Å². The number of hydrogen-bond acceptors (Lipinski definition) is 6. The summed E-state index contributed by atoms with van der Waals surface area (Å²) in [6.45, 7) is 3.12. The Hall–Kier alpha value is -3.00. The molecule has 0 saturated carbocycles. The van der Waals surface area contributed by atoms with Gasteiger partial charge in [0, 0.05) is 44.4 Å². The molecule has 1 unspecified atom stereocenters. The van der Waals surface area contributed by atoms with Crippen molar-refractivity contribution in [3.8, 4) is 11.3 Å². The Bertz CT molecular complexity index is 860. The molecule has 28 heavy (non-hydrogen) atoms. The number of carbonyl (C=O) groups excluding carboxylic acids is 1. The van der Waals surface area contributed by atoms with Gasteiger partial charge in [-0.05, 0) is 18.9 Å². The zero-order chi connectivity index (χ0) is 19.5. The first-order valence-electron chi connectivity index (χ1n) is 9.49. The Labute approximate surface area is 162 Å². The van der Waals surface area contributed by atoms with Gasteiger partial charge in [0.15, 0.2) is 5.69 Å². The van der Waals surface area contributed by atoms with Crippen LogP contribution >= 0.6 is 0 Å². The standard InChI is InChI=1S/C20H22N4O4/c25-20(17-7-4-14-28-17)23-12-10-22(11-13-23)18-9-8-16(24(26)27)19(21-18)15-5-2-1-3-6-15/h1-3,5-6,8-9,17H,4,7,10-14H2. The molecule has 4 rings (SSSR count). The molecule has 0 bridgehead atoms. The zero-order valence-electron chi connectivity index (χ0n) is 15.5. The Morgan fingerprint density at radius 1 is 1.11 bits per heavy atom. The third-order valence-electron chi connectivity index (χ3n) is 5.22. The fourth-order valence-corrected chi connectivity index (χ4v) is 3.71. The molecule has 2 aromatic rings. The van der Waals surface area contributed by atoms with E-state index in [1.165, 1.54) is 6.07 Å². The topological polar surface area (TPSA) is 88.8 Å². The van der Waals surface area contributed by atoms with Gasteiger partial charge in [0.2, 0.25) is 0 Å². The molecular formula is C20H22N4O4. The summed E-state index contributed by atoms with van der Waals surface area (Å²) in [6, 6.07) is 12.4. The van der Waals surface area contributed by atoms with Crippen LogP contribution in [0.3, 0.4) is 0 Å². The van der Waals surface area contributed by atoms with Crippen molar-refractivity contribution < 1.29 is 14.5 Å². The number of aromatic nitrogens is 1. The molecule has 2 saturated heterocycles. The van der Waals surface area contributed by atoms with Gasteiger partial charge in [0.05, 0.1) is 4.92 Å². The number of nitrogens with zero attached hydrogens (tertiary/aromatic N) is 4. The number of amides is 1. The average Bonchev–Trinajstić information content (AvgIpc) is 3.28. The van der Waals surface area contributed by atoms with Crippen LogP contribution in [-0.4, -0.2) is 59.6 Å². The minimum absolute atomic E-state index is 0.0119. The van der Waals surface area contributed by atoms with E-state index < -0.39 is 4.92 Å². The molecule has 0 aliphatic carbocycles. The second-order valence-corrected chi connectivity index (χ2v) is 6.97. The van der Waals surface area contributed by atoms with Crippen molar-refractivity contribution in [3.63, 3.8) is 0 Å². The molecule has 1 amide bonds. The molecule has 0 spiro atoms. The zero-order valence-corrected chi connectivity index (χ0v) is 15.5. The third kappa shape index (κ3) is 3.68. The van der Waals surface area contributed by atoms with Crippen LogP contribution in [0.5, 0.6) is 0 Å². The highest BCUT2D eigenvalue weighted by Gasteiger charge is 2.31. The Morgan fingerprint density at radius 2 is 1.86 bits per heavy atom. The quantitative estimate of drug-likeness (QED) is 0.596. The van der Waals surface area contributed by atoms with Crippen molar-refractivity contribution >= 4 is 17.4 Å². The van der Waals surface area contributed by atoms with Crippen LogP contribution < -0.4 is 4.90 Å². The number of pyridine rings is 1. The Morgan fingerprint density at radius 3 is 2.50 bits per heavy atom. The largest absolute Gasteiger partial charge is 0.368 e. The summed E-state index contributed by atoms with van der Waals surface area (Å²) in [4.78, 5) is 32.0. The number of anilines is 1.